The molecule has 0 saturated heterocycles. The number of benzene rings is 1. The van der Waals surface area contributed by atoms with Gasteiger partial charge in [0.25, 0.3) is 0 Å². The van der Waals surface area contributed by atoms with Crippen LogP contribution in [0.25, 0.3) is 21.3 Å². The lowest BCUT2D eigenvalue weighted by atomic mass is 10.0. The van der Waals surface area contributed by atoms with Crippen LogP contribution < -0.4 is 10.6 Å². The van der Waals surface area contributed by atoms with Gasteiger partial charge in [-0.3, -0.25) is 9.59 Å². The molecular formula is C17H13F3N4O2S. The average molecular weight is 394 g/mol. The quantitative estimate of drug-likeness (QED) is 0.694. The van der Waals surface area contributed by atoms with E-state index in [4.69, 9.17) is 0 Å². The number of thiazole rings is 1. The lowest BCUT2D eigenvalue weighted by molar-refractivity contribution is -0.137. The Kier molecular flexibility index (Phi) is 4.83. The van der Waals surface area contributed by atoms with Crippen LogP contribution in [0.3, 0.4) is 0 Å². The minimum atomic E-state index is -4.67. The minimum absolute atomic E-state index is 0.243. The number of amides is 2. The first-order valence-electron chi connectivity index (χ1n) is 7.67. The van der Waals surface area contributed by atoms with E-state index < -0.39 is 23.5 Å². The molecule has 0 fully saturated rings. The van der Waals surface area contributed by atoms with E-state index in [1.807, 2.05) is 0 Å². The Bertz CT molecular complexity index is 1050. The van der Waals surface area contributed by atoms with Gasteiger partial charge < -0.3 is 10.6 Å². The lowest BCUT2D eigenvalue weighted by Crippen LogP contribution is -2.15. The molecule has 0 atom stereocenters. The zero-order valence-electron chi connectivity index (χ0n) is 14.1. The van der Waals surface area contributed by atoms with Crippen molar-refractivity contribution in [1.82, 2.24) is 9.97 Å². The van der Waals surface area contributed by atoms with Gasteiger partial charge in [-0.05, 0) is 23.8 Å². The van der Waals surface area contributed by atoms with Crippen LogP contribution in [0.5, 0.6) is 0 Å². The number of carbonyl (C=O) groups is 2. The fourth-order valence-electron chi connectivity index (χ4n) is 2.41. The molecule has 3 aromatic rings. The standard InChI is InChI=1S/C17H13F3N4O2S/c1-8(25)22-15-12(17(18,19)20)5-11(7-21-15)10-3-4-13-14(6-10)27-16(24-13)23-9(2)26/h3-7H,1-2H3,(H,21,22,25)(H,23,24,26). The number of nitrogens with one attached hydrogen (secondary N) is 2. The molecule has 2 amide bonds. The average Bonchev–Trinajstić information content (AvgIpc) is 2.94. The molecule has 0 aliphatic heterocycles. The Balaban J connectivity index is 2.04. The van der Waals surface area contributed by atoms with E-state index in [0.29, 0.717) is 20.9 Å². The summed E-state index contributed by atoms with van der Waals surface area (Å²) in [5.74, 6) is -1.44. The number of hydrogen-bond acceptors (Lipinski definition) is 5. The van der Waals surface area contributed by atoms with Crippen molar-refractivity contribution in [2.75, 3.05) is 10.6 Å². The molecule has 2 aromatic heterocycles. The van der Waals surface area contributed by atoms with Crippen LogP contribution in [0.4, 0.5) is 24.1 Å². The molecule has 3 rings (SSSR count). The van der Waals surface area contributed by atoms with Gasteiger partial charge in [0.15, 0.2) is 5.13 Å². The van der Waals surface area contributed by atoms with Crippen LogP contribution in [0, 0.1) is 0 Å². The molecule has 0 saturated carbocycles. The van der Waals surface area contributed by atoms with Crippen LogP contribution in [0.1, 0.15) is 19.4 Å². The number of alkyl halides is 3. The van der Waals surface area contributed by atoms with Crippen molar-refractivity contribution in [1.29, 1.82) is 0 Å². The highest BCUT2D eigenvalue weighted by molar-refractivity contribution is 7.22. The maximum Gasteiger partial charge on any atom is 0.419 e. The van der Waals surface area contributed by atoms with Gasteiger partial charge in [0.05, 0.1) is 15.8 Å². The molecular weight excluding hydrogens is 381 g/mol. The predicted octanol–water partition coefficient (Wildman–Crippen LogP) is 4.29. The third kappa shape index (κ3) is 4.22. The predicted molar refractivity (Wildman–Crippen MR) is 96.5 cm³/mol. The normalized spacial score (nSPS) is 11.4. The number of hydrogen-bond donors (Lipinski definition) is 2. The van der Waals surface area contributed by atoms with Crippen LogP contribution in [0.2, 0.25) is 0 Å². The van der Waals surface area contributed by atoms with Crippen LogP contribution in [-0.2, 0) is 15.8 Å². The van der Waals surface area contributed by atoms with Gasteiger partial charge in [-0.15, -0.1) is 0 Å². The number of anilines is 2. The molecule has 2 heterocycles. The zero-order valence-corrected chi connectivity index (χ0v) is 15.0. The SMILES string of the molecule is CC(=O)Nc1nc2ccc(-c3cnc(NC(C)=O)c(C(F)(F)F)c3)cc2s1. The van der Waals surface area contributed by atoms with Crippen molar-refractivity contribution in [2.45, 2.75) is 20.0 Å². The van der Waals surface area contributed by atoms with E-state index in [1.165, 1.54) is 24.5 Å². The summed E-state index contributed by atoms with van der Waals surface area (Å²) in [6, 6.07) is 5.89. The number of aromatic nitrogens is 2. The van der Waals surface area contributed by atoms with E-state index in [1.54, 1.807) is 18.2 Å². The summed E-state index contributed by atoms with van der Waals surface area (Å²) in [7, 11) is 0. The third-order valence-electron chi connectivity index (χ3n) is 3.49. The van der Waals surface area contributed by atoms with Gasteiger partial charge in [0.1, 0.15) is 5.82 Å². The van der Waals surface area contributed by atoms with Crippen LogP contribution in [0.15, 0.2) is 30.5 Å². The second kappa shape index (κ2) is 6.95. The first-order chi connectivity index (χ1) is 12.6. The molecule has 6 nitrogen and oxygen atoms in total. The molecule has 0 unspecified atom stereocenters. The fourth-order valence-corrected chi connectivity index (χ4v) is 3.36. The molecule has 0 aliphatic carbocycles. The van der Waals surface area contributed by atoms with Crippen molar-refractivity contribution in [2.24, 2.45) is 0 Å². The van der Waals surface area contributed by atoms with Crippen molar-refractivity contribution >= 4 is 44.3 Å². The van der Waals surface area contributed by atoms with Crippen LogP contribution >= 0.6 is 11.3 Å². The minimum Gasteiger partial charge on any atom is -0.310 e. The summed E-state index contributed by atoms with van der Waals surface area (Å²) in [6.45, 7) is 2.47. The second-order valence-corrected chi connectivity index (χ2v) is 6.71. The number of nitrogens with zero attached hydrogens (tertiary/aromatic N) is 2. The Labute approximate surface area is 155 Å². The van der Waals surface area contributed by atoms with Crippen LogP contribution in [-0.4, -0.2) is 21.8 Å². The molecule has 0 aliphatic rings. The number of halogens is 3. The van der Waals surface area contributed by atoms with Crippen molar-refractivity contribution in [3.63, 3.8) is 0 Å². The molecule has 1 aromatic carbocycles. The van der Waals surface area contributed by atoms with Gasteiger partial charge in [0.2, 0.25) is 11.8 Å². The Morgan fingerprint density at radius 1 is 1.04 bits per heavy atom. The smallest absolute Gasteiger partial charge is 0.310 e. The van der Waals surface area contributed by atoms with E-state index in [9.17, 15) is 22.8 Å². The first kappa shape index (κ1) is 18.8. The van der Waals surface area contributed by atoms with Crippen molar-refractivity contribution in [3.05, 3.63) is 36.0 Å². The first-order valence-corrected chi connectivity index (χ1v) is 8.48. The molecule has 140 valence electrons. The molecule has 0 radical (unpaired) electrons. The Morgan fingerprint density at radius 3 is 2.37 bits per heavy atom. The second-order valence-electron chi connectivity index (χ2n) is 5.68. The van der Waals surface area contributed by atoms with Crippen molar-refractivity contribution < 1.29 is 22.8 Å². The summed E-state index contributed by atoms with van der Waals surface area (Å²) >= 11 is 1.21. The molecule has 10 heteroatoms. The summed E-state index contributed by atoms with van der Waals surface area (Å²) in [4.78, 5) is 30.2. The number of carbonyl (C=O) groups excluding carboxylic acids is 2. The highest BCUT2D eigenvalue weighted by Crippen LogP contribution is 2.37. The monoisotopic (exact) mass is 394 g/mol. The third-order valence-corrected chi connectivity index (χ3v) is 4.43. The summed E-state index contributed by atoms with van der Waals surface area (Å²) in [5.41, 5.74) is 0.339. The van der Waals surface area contributed by atoms with E-state index in [-0.39, 0.29) is 11.5 Å². The van der Waals surface area contributed by atoms with Gasteiger partial charge in [-0.2, -0.15) is 13.2 Å². The maximum absolute atomic E-state index is 13.3. The molecule has 0 spiro atoms. The van der Waals surface area contributed by atoms with E-state index >= 15 is 0 Å². The molecule has 2 N–H and O–H groups in total. The highest BCUT2D eigenvalue weighted by Gasteiger charge is 2.35. The van der Waals surface area contributed by atoms with Gasteiger partial charge in [-0.1, -0.05) is 17.4 Å². The number of pyridine rings is 1. The summed E-state index contributed by atoms with van der Waals surface area (Å²) in [5, 5.41) is 5.07. The number of fused-ring (bicyclic) bond motifs is 1. The van der Waals surface area contributed by atoms with Gasteiger partial charge in [-0.25, -0.2) is 9.97 Å². The van der Waals surface area contributed by atoms with E-state index in [2.05, 4.69) is 20.6 Å². The Morgan fingerprint density at radius 2 is 1.74 bits per heavy atom. The Hall–Kier alpha value is -3.01. The maximum atomic E-state index is 13.3. The zero-order chi connectivity index (χ0) is 19.8. The van der Waals surface area contributed by atoms with Crippen molar-refractivity contribution in [3.8, 4) is 11.1 Å². The summed E-state index contributed by atoms with van der Waals surface area (Å²) < 4.78 is 40.7. The largest absolute Gasteiger partial charge is 0.419 e. The molecule has 27 heavy (non-hydrogen) atoms. The van der Waals surface area contributed by atoms with E-state index in [0.717, 1.165) is 13.0 Å². The fraction of sp³-hybridized carbons (Fsp3) is 0.176. The topological polar surface area (TPSA) is 84.0 Å². The molecule has 0 bridgehead atoms. The van der Waals surface area contributed by atoms with Gasteiger partial charge in [0, 0.05) is 25.6 Å². The summed E-state index contributed by atoms with van der Waals surface area (Å²) in [6.07, 6.45) is -3.41. The highest BCUT2D eigenvalue weighted by atomic mass is 32.1. The lowest BCUT2D eigenvalue weighted by Gasteiger charge is -2.13. The van der Waals surface area contributed by atoms with Gasteiger partial charge >= 0.3 is 6.18 Å². The number of rotatable bonds is 3.